The van der Waals surface area contributed by atoms with Crippen molar-refractivity contribution in [3.8, 4) is 33.4 Å². The van der Waals surface area contributed by atoms with Crippen molar-refractivity contribution in [2.24, 2.45) is 0 Å². The average Bonchev–Trinajstić information content (AvgIpc) is 3.93. The van der Waals surface area contributed by atoms with Gasteiger partial charge in [-0.1, -0.05) is 183 Å². The lowest BCUT2D eigenvalue weighted by atomic mass is 9.88. The highest BCUT2D eigenvalue weighted by atomic mass is 28.3. The summed E-state index contributed by atoms with van der Waals surface area (Å²) < 4.78 is 25.2. The minimum atomic E-state index is -2.16. The second kappa shape index (κ2) is 16.4. The fraction of sp³-hybridized carbons (Fsp3) is 0.0588. The predicted molar refractivity (Wildman–Crippen MR) is 309 cm³/mol. The monoisotopic (exact) mass is 956 g/mol. The van der Waals surface area contributed by atoms with Crippen molar-refractivity contribution in [3.63, 3.8) is 0 Å². The minimum absolute atomic E-state index is 0.336. The predicted octanol–water partition coefficient (Wildman–Crippen LogP) is 18.3. The zero-order valence-electron chi connectivity index (χ0n) is 41.0. The zero-order chi connectivity index (χ0) is 49.1. The number of anilines is 6. The zero-order valence-corrected chi connectivity index (χ0v) is 42.0. The van der Waals surface area contributed by atoms with E-state index in [2.05, 4.69) is 188 Å². The van der Waals surface area contributed by atoms with Gasteiger partial charge in [0, 0.05) is 38.5 Å². The lowest BCUT2D eigenvalue weighted by Crippen LogP contribution is -2.50. The van der Waals surface area contributed by atoms with E-state index in [0.29, 0.717) is 11.3 Å². The third kappa shape index (κ3) is 6.48. The Labute approximate surface area is 425 Å². The van der Waals surface area contributed by atoms with Gasteiger partial charge in [-0.25, -0.2) is 4.39 Å². The summed E-state index contributed by atoms with van der Waals surface area (Å²) in [6.07, 6.45) is 0. The SMILES string of the molecule is Cc1cc(N(c2ccccc2)c2cccc3c2[Si](C)(C)c2ccccc2-3)c2ccc3c(C)cc(N(c4c(F)cc(-c5ccccc5)cc4-c4ccccc4)c4cccc5c4oc4ccccc45)c4ccc1c2c34. The van der Waals surface area contributed by atoms with Crippen LogP contribution in [0.1, 0.15) is 11.1 Å². The van der Waals surface area contributed by atoms with Gasteiger partial charge in [0.15, 0.2) is 5.58 Å². The maximum absolute atomic E-state index is 18.3. The van der Waals surface area contributed by atoms with Gasteiger partial charge in [-0.3, -0.25) is 0 Å². The Morgan fingerprint density at radius 3 is 1.66 bits per heavy atom. The van der Waals surface area contributed by atoms with E-state index in [1.165, 1.54) is 43.5 Å². The number of hydrogen-bond donors (Lipinski definition) is 0. The number of benzene rings is 12. The quantitative estimate of drug-likeness (QED) is 0.112. The first-order valence-electron chi connectivity index (χ1n) is 25.2. The second-order valence-electron chi connectivity index (χ2n) is 20.2. The van der Waals surface area contributed by atoms with Crippen LogP contribution in [0.25, 0.3) is 87.6 Å². The molecule has 0 N–H and O–H groups in total. The number of furan rings is 1. The summed E-state index contributed by atoms with van der Waals surface area (Å²) in [7, 11) is -2.16. The molecule has 0 radical (unpaired) electrons. The highest BCUT2D eigenvalue weighted by molar-refractivity contribution is 7.04. The van der Waals surface area contributed by atoms with E-state index >= 15 is 4.39 Å². The topological polar surface area (TPSA) is 19.6 Å². The molecule has 1 aromatic heterocycles. The Morgan fingerprint density at radius 1 is 0.397 bits per heavy atom. The van der Waals surface area contributed by atoms with Crippen molar-refractivity contribution in [1.82, 2.24) is 0 Å². The maximum atomic E-state index is 18.3. The van der Waals surface area contributed by atoms with Crippen LogP contribution in [-0.4, -0.2) is 8.07 Å². The van der Waals surface area contributed by atoms with Gasteiger partial charge in [0.1, 0.15) is 19.5 Å². The van der Waals surface area contributed by atoms with Crippen LogP contribution in [0.4, 0.5) is 38.5 Å². The van der Waals surface area contributed by atoms with E-state index < -0.39 is 8.07 Å². The van der Waals surface area contributed by atoms with Crippen LogP contribution >= 0.6 is 0 Å². The molecule has 0 spiro atoms. The molecule has 14 rings (SSSR count). The molecule has 0 amide bonds. The molecular weight excluding hydrogens is 908 g/mol. The van der Waals surface area contributed by atoms with Gasteiger partial charge in [0.05, 0.1) is 22.7 Å². The molecule has 13 aromatic rings. The molecule has 12 aromatic carbocycles. The van der Waals surface area contributed by atoms with Crippen molar-refractivity contribution in [1.29, 1.82) is 0 Å². The Kier molecular flexibility index (Phi) is 9.66. The summed E-state index contributed by atoms with van der Waals surface area (Å²) in [6.45, 7) is 9.45. The minimum Gasteiger partial charge on any atom is -0.454 e. The third-order valence-electron chi connectivity index (χ3n) is 15.7. The average molecular weight is 957 g/mol. The summed E-state index contributed by atoms with van der Waals surface area (Å²) in [5.74, 6) is -0.336. The number of aryl methyl sites for hydroxylation is 2. The highest BCUT2D eigenvalue weighted by Crippen LogP contribution is 2.53. The number of rotatable bonds is 8. The Bertz CT molecular complexity index is 4330. The number of nitrogens with zero attached hydrogens (tertiary/aromatic N) is 2. The third-order valence-corrected chi connectivity index (χ3v) is 19.2. The molecule has 0 saturated carbocycles. The van der Waals surface area contributed by atoms with Gasteiger partial charge in [-0.05, 0) is 139 Å². The van der Waals surface area contributed by atoms with Gasteiger partial charge in [0.2, 0.25) is 0 Å². The molecule has 73 heavy (non-hydrogen) atoms. The summed E-state index contributed by atoms with van der Waals surface area (Å²) >= 11 is 0. The normalized spacial score (nSPS) is 12.8. The Hall–Kier alpha value is -8.77. The highest BCUT2D eigenvalue weighted by Gasteiger charge is 2.41. The summed E-state index contributed by atoms with van der Waals surface area (Å²) in [6, 6.07) is 79.2. The molecule has 0 unspecified atom stereocenters. The van der Waals surface area contributed by atoms with E-state index in [1.807, 2.05) is 66.7 Å². The summed E-state index contributed by atoms with van der Waals surface area (Å²) in [4.78, 5) is 4.67. The maximum Gasteiger partial charge on any atom is 0.159 e. The van der Waals surface area contributed by atoms with E-state index in [1.54, 1.807) is 6.07 Å². The van der Waals surface area contributed by atoms with Crippen LogP contribution in [0, 0.1) is 19.7 Å². The van der Waals surface area contributed by atoms with Crippen LogP contribution in [0.15, 0.2) is 229 Å². The van der Waals surface area contributed by atoms with Crippen LogP contribution in [0.2, 0.25) is 13.1 Å². The molecule has 5 heteroatoms. The first-order chi connectivity index (χ1) is 35.7. The molecule has 2 heterocycles. The lowest BCUT2D eigenvalue weighted by Gasteiger charge is -2.33. The largest absolute Gasteiger partial charge is 0.454 e. The van der Waals surface area contributed by atoms with E-state index in [4.69, 9.17) is 4.42 Å². The molecule has 348 valence electrons. The first-order valence-corrected chi connectivity index (χ1v) is 28.2. The molecule has 0 saturated heterocycles. The Balaban J connectivity index is 1.08. The lowest BCUT2D eigenvalue weighted by molar-refractivity contribution is 0.629. The summed E-state index contributed by atoms with van der Waals surface area (Å²) in [5.41, 5.74) is 15.4. The van der Waals surface area contributed by atoms with Crippen LogP contribution < -0.4 is 20.2 Å². The van der Waals surface area contributed by atoms with Crippen LogP contribution in [0.3, 0.4) is 0 Å². The fourth-order valence-electron chi connectivity index (χ4n) is 12.4. The number of hydrogen-bond acceptors (Lipinski definition) is 3. The standard InChI is InChI=1S/C68H49FN2OSi/c1-42-38-60(70(47-24-12-7-13-25-47)59-31-19-29-53-51-27-15-17-33-63(51)73(3,4)68(53)59)54-36-34-49-43(2)39-61(55-37-35-48(42)64(54)65(49)55)71(58-30-18-28-52-50-26-14-16-32-62(50)72-67(52)58)66-56(45-22-10-6-11-23-45)40-46(41-57(66)69)44-20-8-5-9-21-44/h5-41H,1-4H3. The molecule has 0 fully saturated rings. The fourth-order valence-corrected chi connectivity index (χ4v) is 15.8. The van der Waals surface area contributed by atoms with E-state index in [-0.39, 0.29) is 5.82 Å². The van der Waals surface area contributed by atoms with Gasteiger partial charge in [0.25, 0.3) is 0 Å². The van der Waals surface area contributed by atoms with E-state index in [9.17, 15) is 0 Å². The molecule has 0 aliphatic carbocycles. The number of halogens is 1. The van der Waals surface area contributed by atoms with Gasteiger partial charge >= 0.3 is 0 Å². The van der Waals surface area contributed by atoms with Crippen molar-refractivity contribution in [3.05, 3.63) is 241 Å². The smallest absolute Gasteiger partial charge is 0.159 e. The Morgan fingerprint density at radius 2 is 0.945 bits per heavy atom. The van der Waals surface area contributed by atoms with E-state index in [0.717, 1.165) is 88.5 Å². The van der Waals surface area contributed by atoms with Gasteiger partial charge in [-0.15, -0.1) is 0 Å². The molecule has 1 aliphatic rings. The van der Waals surface area contributed by atoms with Crippen molar-refractivity contribution in [2.75, 3.05) is 9.80 Å². The van der Waals surface area contributed by atoms with Crippen LogP contribution in [0.5, 0.6) is 0 Å². The van der Waals surface area contributed by atoms with Crippen molar-refractivity contribution < 1.29 is 8.81 Å². The van der Waals surface area contributed by atoms with Crippen LogP contribution in [-0.2, 0) is 0 Å². The van der Waals surface area contributed by atoms with Gasteiger partial charge in [-0.2, -0.15) is 0 Å². The number of fused-ring (bicyclic) bond motifs is 6. The molecule has 1 aliphatic heterocycles. The first kappa shape index (κ1) is 43.1. The van der Waals surface area contributed by atoms with Crippen molar-refractivity contribution >= 4 is 107 Å². The van der Waals surface area contributed by atoms with Gasteiger partial charge < -0.3 is 14.2 Å². The molecule has 0 atom stereocenters. The second-order valence-corrected chi connectivity index (χ2v) is 24.5. The number of para-hydroxylation sites is 3. The molecule has 3 nitrogen and oxygen atoms in total. The van der Waals surface area contributed by atoms with Crippen molar-refractivity contribution in [2.45, 2.75) is 26.9 Å². The molecular formula is C68H49FN2OSi. The summed E-state index contributed by atoms with van der Waals surface area (Å²) in [5, 5.41) is 11.8. The molecule has 0 bridgehead atoms.